The number of anilines is 2. The molecule has 0 saturated heterocycles. The fourth-order valence-corrected chi connectivity index (χ4v) is 2.45. The third-order valence-electron chi connectivity index (χ3n) is 3.39. The summed E-state index contributed by atoms with van der Waals surface area (Å²) in [5.74, 6) is -0.391. The van der Waals surface area contributed by atoms with Crippen molar-refractivity contribution in [2.45, 2.75) is 19.4 Å². The molecule has 0 aliphatic carbocycles. The number of amides is 1. The Morgan fingerprint density at radius 1 is 1.10 bits per heavy atom. The van der Waals surface area contributed by atoms with Crippen LogP contribution in [0.1, 0.15) is 19.4 Å². The van der Waals surface area contributed by atoms with Crippen LogP contribution in [0.5, 0.6) is 0 Å². The molecule has 0 unspecified atom stereocenters. The largest absolute Gasteiger partial charge is 0.438 e. The van der Waals surface area contributed by atoms with Crippen molar-refractivity contribution in [3.63, 3.8) is 0 Å². The molecule has 3 nitrogen and oxygen atoms in total. The molecule has 1 aliphatic rings. The maximum Gasteiger partial charge on any atom is 0.419 e. The standard InChI is InChI=1S/C16H14FNO2/c1-16(2)13-8-3-4-9-14(13)18(15(19)20-16)12-7-5-6-11(17)10-12/h3-10H,1-2H3. The molecular weight excluding hydrogens is 257 g/mol. The van der Waals surface area contributed by atoms with Gasteiger partial charge in [-0.2, -0.15) is 0 Å². The van der Waals surface area contributed by atoms with E-state index in [1.54, 1.807) is 12.1 Å². The third kappa shape index (κ3) is 1.93. The topological polar surface area (TPSA) is 29.5 Å². The fraction of sp³-hybridized carbons (Fsp3) is 0.188. The van der Waals surface area contributed by atoms with E-state index < -0.39 is 17.5 Å². The summed E-state index contributed by atoms with van der Waals surface area (Å²) in [6.45, 7) is 3.68. The monoisotopic (exact) mass is 271 g/mol. The van der Waals surface area contributed by atoms with Crippen molar-refractivity contribution in [3.8, 4) is 0 Å². The number of ether oxygens (including phenoxy) is 1. The number of carbonyl (C=O) groups excluding carboxylic acids is 1. The summed E-state index contributed by atoms with van der Waals surface area (Å²) in [6, 6.07) is 13.4. The van der Waals surface area contributed by atoms with Crippen molar-refractivity contribution in [2.75, 3.05) is 4.90 Å². The molecule has 0 N–H and O–H groups in total. The molecular formula is C16H14FNO2. The highest BCUT2D eigenvalue weighted by Crippen LogP contribution is 2.41. The summed E-state index contributed by atoms with van der Waals surface area (Å²) >= 11 is 0. The average molecular weight is 271 g/mol. The lowest BCUT2D eigenvalue weighted by molar-refractivity contribution is 0.0374. The first-order valence-electron chi connectivity index (χ1n) is 6.37. The molecule has 0 aromatic heterocycles. The molecule has 4 heteroatoms. The van der Waals surface area contributed by atoms with Gasteiger partial charge in [0.1, 0.15) is 11.4 Å². The number of para-hydroxylation sites is 1. The highest BCUT2D eigenvalue weighted by atomic mass is 19.1. The second kappa shape index (κ2) is 4.34. The molecule has 0 saturated carbocycles. The van der Waals surface area contributed by atoms with Gasteiger partial charge in [0.15, 0.2) is 0 Å². The molecule has 0 radical (unpaired) electrons. The van der Waals surface area contributed by atoms with E-state index in [2.05, 4.69) is 0 Å². The van der Waals surface area contributed by atoms with Crippen molar-refractivity contribution in [1.82, 2.24) is 0 Å². The van der Waals surface area contributed by atoms with Gasteiger partial charge in [-0.3, -0.25) is 0 Å². The Bertz CT molecular complexity index is 682. The van der Waals surface area contributed by atoms with Gasteiger partial charge in [0.2, 0.25) is 0 Å². The molecule has 102 valence electrons. The lowest BCUT2D eigenvalue weighted by atomic mass is 9.94. The highest BCUT2D eigenvalue weighted by Gasteiger charge is 2.38. The van der Waals surface area contributed by atoms with Crippen molar-refractivity contribution in [1.29, 1.82) is 0 Å². The number of fused-ring (bicyclic) bond motifs is 1. The van der Waals surface area contributed by atoms with Crippen molar-refractivity contribution >= 4 is 17.5 Å². The first kappa shape index (κ1) is 12.7. The summed E-state index contributed by atoms with van der Waals surface area (Å²) in [4.78, 5) is 13.7. The second-order valence-electron chi connectivity index (χ2n) is 5.21. The molecule has 20 heavy (non-hydrogen) atoms. The summed E-state index contributed by atoms with van der Waals surface area (Å²) in [5, 5.41) is 0. The number of halogens is 1. The minimum atomic E-state index is -0.697. The van der Waals surface area contributed by atoms with E-state index in [0.717, 1.165) is 11.3 Å². The van der Waals surface area contributed by atoms with Crippen LogP contribution in [0.2, 0.25) is 0 Å². The summed E-state index contributed by atoms with van der Waals surface area (Å²) in [7, 11) is 0. The van der Waals surface area contributed by atoms with Gasteiger partial charge in [0.05, 0.1) is 11.4 Å². The van der Waals surface area contributed by atoms with Crippen molar-refractivity contribution in [2.24, 2.45) is 0 Å². The third-order valence-corrected chi connectivity index (χ3v) is 3.39. The van der Waals surface area contributed by atoms with Gasteiger partial charge in [-0.15, -0.1) is 0 Å². The van der Waals surface area contributed by atoms with Gasteiger partial charge in [0, 0.05) is 5.56 Å². The minimum Gasteiger partial charge on any atom is -0.438 e. The molecule has 0 bridgehead atoms. The highest BCUT2D eigenvalue weighted by molar-refractivity contribution is 5.99. The first-order valence-corrected chi connectivity index (χ1v) is 6.37. The average Bonchev–Trinajstić information content (AvgIpc) is 2.38. The molecule has 2 aromatic rings. The SMILES string of the molecule is CC1(C)OC(=O)N(c2cccc(F)c2)c2ccccc21. The first-order chi connectivity index (χ1) is 9.49. The number of carbonyl (C=O) groups is 1. The quantitative estimate of drug-likeness (QED) is 0.771. The predicted octanol–water partition coefficient (Wildman–Crippen LogP) is 4.35. The summed E-state index contributed by atoms with van der Waals surface area (Å²) in [6.07, 6.45) is -0.501. The van der Waals surface area contributed by atoms with Crippen LogP contribution in [-0.4, -0.2) is 6.09 Å². The Morgan fingerprint density at radius 3 is 2.60 bits per heavy atom. The normalized spacial score (nSPS) is 16.6. The van der Waals surface area contributed by atoms with E-state index in [1.165, 1.54) is 17.0 Å². The molecule has 0 fully saturated rings. The molecule has 1 amide bonds. The van der Waals surface area contributed by atoms with Gasteiger partial charge in [-0.05, 0) is 38.1 Å². The van der Waals surface area contributed by atoms with Crippen LogP contribution >= 0.6 is 0 Å². The zero-order valence-corrected chi connectivity index (χ0v) is 11.3. The summed E-state index contributed by atoms with van der Waals surface area (Å²) < 4.78 is 18.9. The Labute approximate surface area is 116 Å². The zero-order valence-electron chi connectivity index (χ0n) is 11.3. The molecule has 1 aliphatic heterocycles. The van der Waals surface area contributed by atoms with Crippen LogP contribution in [0.15, 0.2) is 48.5 Å². The maximum atomic E-state index is 13.4. The van der Waals surface area contributed by atoms with Crippen LogP contribution in [0.25, 0.3) is 0 Å². The second-order valence-corrected chi connectivity index (χ2v) is 5.21. The summed E-state index contributed by atoms with van der Waals surface area (Å²) in [5.41, 5.74) is 1.37. The fourth-order valence-electron chi connectivity index (χ4n) is 2.45. The van der Waals surface area contributed by atoms with Gasteiger partial charge in [0.25, 0.3) is 0 Å². The number of cyclic esters (lactones) is 1. The number of rotatable bonds is 1. The Morgan fingerprint density at radius 2 is 1.85 bits per heavy atom. The number of benzene rings is 2. The predicted molar refractivity (Wildman–Crippen MR) is 74.5 cm³/mol. The van der Waals surface area contributed by atoms with Gasteiger partial charge >= 0.3 is 6.09 Å². The van der Waals surface area contributed by atoms with Crippen LogP contribution in [-0.2, 0) is 10.3 Å². The Balaban J connectivity index is 2.19. The van der Waals surface area contributed by atoms with Gasteiger partial charge in [-0.25, -0.2) is 14.1 Å². The van der Waals surface area contributed by atoms with E-state index in [9.17, 15) is 9.18 Å². The molecule has 1 heterocycles. The van der Waals surface area contributed by atoms with Crippen LogP contribution in [0, 0.1) is 5.82 Å². The van der Waals surface area contributed by atoms with E-state index in [-0.39, 0.29) is 0 Å². The van der Waals surface area contributed by atoms with E-state index in [4.69, 9.17) is 4.74 Å². The van der Waals surface area contributed by atoms with Gasteiger partial charge in [-0.1, -0.05) is 24.3 Å². The van der Waals surface area contributed by atoms with E-state index in [0.29, 0.717) is 5.69 Å². The Kier molecular flexibility index (Phi) is 2.74. The van der Waals surface area contributed by atoms with E-state index in [1.807, 2.05) is 38.1 Å². The maximum absolute atomic E-state index is 13.4. The van der Waals surface area contributed by atoms with Gasteiger partial charge < -0.3 is 4.74 Å². The lowest BCUT2D eigenvalue weighted by Gasteiger charge is -2.38. The Hall–Kier alpha value is -2.36. The van der Waals surface area contributed by atoms with Crippen molar-refractivity contribution in [3.05, 3.63) is 59.9 Å². The molecule has 2 aromatic carbocycles. The lowest BCUT2D eigenvalue weighted by Crippen LogP contribution is -2.40. The number of nitrogens with zero attached hydrogens (tertiary/aromatic N) is 1. The molecule has 3 rings (SSSR count). The molecule has 0 spiro atoms. The number of hydrogen-bond donors (Lipinski definition) is 0. The number of hydrogen-bond acceptors (Lipinski definition) is 2. The van der Waals surface area contributed by atoms with Crippen LogP contribution in [0.3, 0.4) is 0 Å². The smallest absolute Gasteiger partial charge is 0.419 e. The minimum absolute atomic E-state index is 0.391. The van der Waals surface area contributed by atoms with Crippen molar-refractivity contribution < 1.29 is 13.9 Å². The zero-order chi connectivity index (χ0) is 14.3. The van der Waals surface area contributed by atoms with Crippen LogP contribution < -0.4 is 4.90 Å². The molecule has 0 atom stereocenters. The van der Waals surface area contributed by atoms with E-state index >= 15 is 0 Å². The van der Waals surface area contributed by atoms with Crippen LogP contribution in [0.4, 0.5) is 20.6 Å².